The minimum Gasteiger partial charge on any atom is -0.497 e. The summed E-state index contributed by atoms with van der Waals surface area (Å²) in [4.78, 5) is 27.2. The van der Waals surface area contributed by atoms with E-state index in [0.29, 0.717) is 11.5 Å². The van der Waals surface area contributed by atoms with Gasteiger partial charge in [-0.1, -0.05) is 0 Å². The van der Waals surface area contributed by atoms with Gasteiger partial charge in [0.2, 0.25) is 5.91 Å². The van der Waals surface area contributed by atoms with Crippen molar-refractivity contribution in [1.82, 2.24) is 14.9 Å². The van der Waals surface area contributed by atoms with Gasteiger partial charge in [-0.15, -0.1) is 0 Å². The van der Waals surface area contributed by atoms with E-state index in [1.165, 1.54) is 17.0 Å². The number of hydrogen-bond acceptors (Lipinski definition) is 5. The van der Waals surface area contributed by atoms with Crippen LogP contribution < -0.4 is 20.5 Å². The monoisotopic (exact) mass is 317 g/mol. The molecular weight excluding hydrogens is 298 g/mol. The highest BCUT2D eigenvalue weighted by Gasteiger charge is 2.15. The highest BCUT2D eigenvalue weighted by Crippen LogP contribution is 2.29. The van der Waals surface area contributed by atoms with Crippen LogP contribution in [-0.4, -0.2) is 29.7 Å². The molecule has 0 unspecified atom stereocenters. The van der Waals surface area contributed by atoms with Crippen molar-refractivity contribution in [1.29, 1.82) is 0 Å². The van der Waals surface area contributed by atoms with Crippen LogP contribution in [0.5, 0.6) is 11.5 Å². The Balaban J connectivity index is 2.09. The summed E-state index contributed by atoms with van der Waals surface area (Å²) in [6.07, 6.45) is 2.91. The molecule has 0 aliphatic carbocycles. The van der Waals surface area contributed by atoms with Crippen molar-refractivity contribution >= 4 is 5.91 Å². The largest absolute Gasteiger partial charge is 0.497 e. The molecule has 0 saturated carbocycles. The lowest BCUT2D eigenvalue weighted by atomic mass is 10.1. The molecule has 2 aromatic rings. The summed E-state index contributed by atoms with van der Waals surface area (Å²) in [6, 6.07) is 6.70. The van der Waals surface area contributed by atoms with Crippen molar-refractivity contribution in [2.45, 2.75) is 19.5 Å². The van der Waals surface area contributed by atoms with Gasteiger partial charge in [-0.3, -0.25) is 9.36 Å². The Morgan fingerprint density at radius 1 is 1.35 bits per heavy atom. The molecule has 1 N–H and O–H groups in total. The van der Waals surface area contributed by atoms with E-state index >= 15 is 0 Å². The average molecular weight is 317 g/mol. The molecule has 23 heavy (non-hydrogen) atoms. The number of aromatic nitrogens is 2. The molecule has 0 radical (unpaired) electrons. The Hall–Kier alpha value is -2.83. The third-order valence-corrected chi connectivity index (χ3v) is 3.38. The fourth-order valence-corrected chi connectivity index (χ4v) is 2.20. The van der Waals surface area contributed by atoms with E-state index < -0.39 is 5.69 Å². The van der Waals surface area contributed by atoms with Gasteiger partial charge in [-0.2, -0.15) is 0 Å². The number of nitrogens with one attached hydrogen (secondary N) is 1. The van der Waals surface area contributed by atoms with Crippen LogP contribution in [0.4, 0.5) is 0 Å². The van der Waals surface area contributed by atoms with Crippen molar-refractivity contribution in [3.05, 3.63) is 52.7 Å². The predicted octanol–water partition coefficient (Wildman–Crippen LogP) is 1.14. The summed E-state index contributed by atoms with van der Waals surface area (Å²) in [5.41, 5.74) is 0.359. The maximum atomic E-state index is 12.1. The van der Waals surface area contributed by atoms with Gasteiger partial charge in [0.1, 0.15) is 18.0 Å². The first kappa shape index (κ1) is 16.5. The lowest BCUT2D eigenvalue weighted by Crippen LogP contribution is -2.34. The Kier molecular flexibility index (Phi) is 5.35. The van der Waals surface area contributed by atoms with Gasteiger partial charge in [0.25, 0.3) is 0 Å². The molecule has 7 nitrogen and oxygen atoms in total. The van der Waals surface area contributed by atoms with Crippen LogP contribution in [-0.2, 0) is 11.3 Å². The summed E-state index contributed by atoms with van der Waals surface area (Å²) in [5.74, 6) is 1.01. The average Bonchev–Trinajstić information content (AvgIpc) is 2.56. The number of rotatable bonds is 6. The maximum absolute atomic E-state index is 12.1. The van der Waals surface area contributed by atoms with Crippen molar-refractivity contribution in [2.24, 2.45) is 0 Å². The van der Waals surface area contributed by atoms with E-state index in [9.17, 15) is 9.59 Å². The lowest BCUT2D eigenvalue weighted by molar-refractivity contribution is -0.122. The van der Waals surface area contributed by atoms with Gasteiger partial charge in [-0.05, 0) is 25.1 Å². The quantitative estimate of drug-likeness (QED) is 0.864. The van der Waals surface area contributed by atoms with Crippen molar-refractivity contribution in [3.63, 3.8) is 0 Å². The molecule has 1 amide bonds. The van der Waals surface area contributed by atoms with Crippen molar-refractivity contribution in [3.8, 4) is 11.5 Å². The minimum atomic E-state index is -0.461. The normalized spacial score (nSPS) is 11.6. The van der Waals surface area contributed by atoms with E-state index in [-0.39, 0.29) is 18.5 Å². The number of methoxy groups -OCH3 is 2. The zero-order valence-corrected chi connectivity index (χ0v) is 13.3. The Labute approximate surface area is 133 Å². The second-order valence-corrected chi connectivity index (χ2v) is 4.93. The first-order valence-corrected chi connectivity index (χ1v) is 7.08. The summed E-state index contributed by atoms with van der Waals surface area (Å²) >= 11 is 0. The van der Waals surface area contributed by atoms with Crippen LogP contribution in [0.25, 0.3) is 0 Å². The predicted molar refractivity (Wildman–Crippen MR) is 84.6 cm³/mol. The molecule has 1 aromatic carbocycles. The number of carbonyl (C=O) groups is 1. The molecule has 1 aromatic heterocycles. The number of nitrogens with zero attached hydrogens (tertiary/aromatic N) is 2. The molecule has 2 rings (SSSR count). The summed E-state index contributed by atoms with van der Waals surface area (Å²) in [6.45, 7) is 1.75. The van der Waals surface area contributed by atoms with Gasteiger partial charge >= 0.3 is 5.69 Å². The highest BCUT2D eigenvalue weighted by atomic mass is 16.5. The van der Waals surface area contributed by atoms with E-state index in [1.54, 1.807) is 32.4 Å². The number of amides is 1. The molecule has 0 aliphatic heterocycles. The molecule has 1 heterocycles. The first-order chi connectivity index (χ1) is 11.0. The van der Waals surface area contributed by atoms with Crippen LogP contribution in [0.15, 0.2) is 41.5 Å². The molecule has 0 aliphatic rings. The highest BCUT2D eigenvalue weighted by molar-refractivity contribution is 5.76. The SMILES string of the molecule is COc1ccc([C@H](C)NC(=O)Cn2cccnc2=O)c(OC)c1. The topological polar surface area (TPSA) is 82.5 Å². The van der Waals surface area contributed by atoms with E-state index in [1.807, 2.05) is 13.0 Å². The summed E-state index contributed by atoms with van der Waals surface area (Å²) in [7, 11) is 3.13. The van der Waals surface area contributed by atoms with Crippen LogP contribution in [0.3, 0.4) is 0 Å². The Morgan fingerprint density at radius 3 is 2.78 bits per heavy atom. The lowest BCUT2D eigenvalue weighted by Gasteiger charge is -2.18. The number of hydrogen-bond donors (Lipinski definition) is 1. The second kappa shape index (κ2) is 7.44. The van der Waals surface area contributed by atoms with Crippen LogP contribution in [0, 0.1) is 0 Å². The standard InChI is InChI=1S/C16H19N3O4/c1-11(13-6-5-12(22-2)9-14(13)23-3)18-15(20)10-19-8-4-7-17-16(19)21/h4-9,11H,10H2,1-3H3,(H,18,20)/t11-/m0/s1. The smallest absolute Gasteiger partial charge is 0.347 e. The van der Waals surface area contributed by atoms with Crippen molar-refractivity contribution < 1.29 is 14.3 Å². The minimum absolute atomic E-state index is 0.0878. The van der Waals surface area contributed by atoms with E-state index in [4.69, 9.17) is 9.47 Å². The molecule has 0 bridgehead atoms. The van der Waals surface area contributed by atoms with E-state index in [2.05, 4.69) is 10.3 Å². The fraction of sp³-hybridized carbons (Fsp3) is 0.312. The molecular formula is C16H19N3O4. The second-order valence-electron chi connectivity index (χ2n) is 4.93. The molecule has 0 fully saturated rings. The van der Waals surface area contributed by atoms with Crippen LogP contribution >= 0.6 is 0 Å². The number of ether oxygens (including phenoxy) is 2. The first-order valence-electron chi connectivity index (χ1n) is 7.08. The van der Waals surface area contributed by atoms with Gasteiger partial charge in [0.15, 0.2) is 0 Å². The van der Waals surface area contributed by atoms with Crippen LogP contribution in [0.2, 0.25) is 0 Å². The third-order valence-electron chi connectivity index (χ3n) is 3.38. The van der Waals surface area contributed by atoms with Gasteiger partial charge in [0, 0.05) is 24.0 Å². The van der Waals surface area contributed by atoms with Crippen LogP contribution in [0.1, 0.15) is 18.5 Å². The van der Waals surface area contributed by atoms with Gasteiger partial charge in [-0.25, -0.2) is 9.78 Å². The molecule has 122 valence electrons. The van der Waals surface area contributed by atoms with Gasteiger partial charge in [0.05, 0.1) is 20.3 Å². The molecule has 7 heteroatoms. The fourth-order valence-electron chi connectivity index (χ4n) is 2.20. The number of benzene rings is 1. The Morgan fingerprint density at radius 2 is 2.13 bits per heavy atom. The van der Waals surface area contributed by atoms with Gasteiger partial charge < -0.3 is 14.8 Å². The van der Waals surface area contributed by atoms with E-state index in [0.717, 1.165) is 5.56 Å². The van der Waals surface area contributed by atoms with Crippen molar-refractivity contribution in [2.75, 3.05) is 14.2 Å². The zero-order chi connectivity index (χ0) is 16.8. The maximum Gasteiger partial charge on any atom is 0.347 e. The molecule has 0 saturated heterocycles. The molecule has 1 atom stereocenters. The summed E-state index contributed by atoms with van der Waals surface area (Å²) in [5, 5.41) is 2.84. The molecule has 0 spiro atoms. The number of carbonyl (C=O) groups excluding carboxylic acids is 1. The Bertz CT molecular complexity index is 742. The summed E-state index contributed by atoms with van der Waals surface area (Å²) < 4.78 is 11.7. The zero-order valence-electron chi connectivity index (χ0n) is 13.3. The third kappa shape index (κ3) is 4.09.